The molecule has 128 valence electrons. The summed E-state index contributed by atoms with van der Waals surface area (Å²) in [6.07, 6.45) is 2.78. The molecule has 2 aromatic rings. The number of hydrogen-bond donors (Lipinski definition) is 0. The van der Waals surface area contributed by atoms with E-state index in [1.807, 2.05) is 48.5 Å². The average molecular weight is 352 g/mol. The number of aryl methyl sites for hydroxylation is 1. The van der Waals surface area contributed by atoms with Crippen LogP contribution >= 0.6 is 11.8 Å². The Morgan fingerprint density at radius 2 is 2.00 bits per heavy atom. The van der Waals surface area contributed by atoms with Crippen LogP contribution in [0.4, 0.5) is 5.69 Å². The second-order valence-corrected chi connectivity index (χ2v) is 6.64. The number of aliphatic imine (C=N–C) groups is 1. The molecule has 0 radical (unpaired) electrons. The second kappa shape index (κ2) is 7.57. The van der Waals surface area contributed by atoms with Crippen LogP contribution in [0.2, 0.25) is 0 Å². The van der Waals surface area contributed by atoms with Crippen molar-refractivity contribution in [3.63, 3.8) is 0 Å². The lowest BCUT2D eigenvalue weighted by Gasteiger charge is -2.08. The van der Waals surface area contributed by atoms with Gasteiger partial charge in [0.05, 0.1) is 17.7 Å². The van der Waals surface area contributed by atoms with E-state index in [9.17, 15) is 4.79 Å². The van der Waals surface area contributed by atoms with Crippen molar-refractivity contribution in [2.45, 2.75) is 13.3 Å². The summed E-state index contributed by atoms with van der Waals surface area (Å²) in [5.74, 6) is 0.726. The van der Waals surface area contributed by atoms with Crippen LogP contribution in [-0.2, 0) is 11.2 Å². The summed E-state index contributed by atoms with van der Waals surface area (Å²) in [5, 5.41) is 0.694. The molecule has 0 saturated carbocycles. The molecular weight excluding hydrogens is 332 g/mol. The number of carbonyl (C=O) groups is 1. The predicted molar refractivity (Wildman–Crippen MR) is 104 cm³/mol. The summed E-state index contributed by atoms with van der Waals surface area (Å²) in [4.78, 5) is 19.5. The zero-order valence-corrected chi connectivity index (χ0v) is 15.3. The van der Waals surface area contributed by atoms with Crippen LogP contribution in [0.15, 0.2) is 58.4 Å². The van der Waals surface area contributed by atoms with Gasteiger partial charge in [0, 0.05) is 7.05 Å². The van der Waals surface area contributed by atoms with Crippen LogP contribution in [-0.4, -0.2) is 30.1 Å². The maximum absolute atomic E-state index is 12.5. The summed E-state index contributed by atoms with van der Waals surface area (Å²) < 4.78 is 5.24. The van der Waals surface area contributed by atoms with Gasteiger partial charge in [-0.2, -0.15) is 0 Å². The predicted octanol–water partition coefficient (Wildman–Crippen LogP) is 4.49. The maximum Gasteiger partial charge on any atom is 0.266 e. The molecule has 3 rings (SSSR count). The number of ether oxygens (including phenoxy) is 1. The van der Waals surface area contributed by atoms with Crippen LogP contribution in [0.25, 0.3) is 6.08 Å². The minimum Gasteiger partial charge on any atom is -0.497 e. The fourth-order valence-electron chi connectivity index (χ4n) is 2.56. The molecule has 0 aromatic heterocycles. The SMILES string of the molecule is CCc1ccccc1N=C1S/C(=C/c2cccc(OC)c2)C(=O)N1C. The number of methoxy groups -OCH3 is 1. The Morgan fingerprint density at radius 1 is 1.20 bits per heavy atom. The summed E-state index contributed by atoms with van der Waals surface area (Å²) in [5.41, 5.74) is 3.01. The third-order valence-electron chi connectivity index (χ3n) is 3.98. The molecule has 0 aliphatic carbocycles. The highest BCUT2D eigenvalue weighted by Crippen LogP contribution is 2.34. The molecule has 1 aliphatic rings. The Kier molecular flexibility index (Phi) is 5.24. The Hall–Kier alpha value is -2.53. The fourth-order valence-corrected chi connectivity index (χ4v) is 3.54. The van der Waals surface area contributed by atoms with Gasteiger partial charge in [-0.05, 0) is 53.6 Å². The van der Waals surface area contributed by atoms with E-state index in [-0.39, 0.29) is 5.91 Å². The van der Waals surface area contributed by atoms with Crippen LogP contribution in [0.1, 0.15) is 18.1 Å². The minimum absolute atomic E-state index is 0.0412. The van der Waals surface area contributed by atoms with Crippen molar-refractivity contribution in [1.29, 1.82) is 0 Å². The van der Waals surface area contributed by atoms with Crippen LogP contribution in [0.3, 0.4) is 0 Å². The van der Waals surface area contributed by atoms with Gasteiger partial charge >= 0.3 is 0 Å². The number of likely N-dealkylation sites (N-methyl/N-ethyl adjacent to an activating group) is 1. The van der Waals surface area contributed by atoms with E-state index in [1.165, 1.54) is 17.3 Å². The lowest BCUT2D eigenvalue weighted by Crippen LogP contribution is -2.23. The van der Waals surface area contributed by atoms with Crippen LogP contribution in [0.5, 0.6) is 5.75 Å². The van der Waals surface area contributed by atoms with Gasteiger partial charge in [-0.3, -0.25) is 9.69 Å². The number of thioether (sulfide) groups is 1. The molecule has 1 saturated heterocycles. The third-order valence-corrected chi connectivity index (χ3v) is 5.04. The molecule has 5 heteroatoms. The maximum atomic E-state index is 12.5. The Morgan fingerprint density at radius 3 is 2.76 bits per heavy atom. The van der Waals surface area contributed by atoms with E-state index in [0.717, 1.165) is 23.4 Å². The van der Waals surface area contributed by atoms with Gasteiger partial charge in [0.15, 0.2) is 5.17 Å². The summed E-state index contributed by atoms with van der Waals surface area (Å²) in [6, 6.07) is 15.7. The Balaban J connectivity index is 1.91. The van der Waals surface area contributed by atoms with E-state index in [4.69, 9.17) is 9.73 Å². The topological polar surface area (TPSA) is 41.9 Å². The van der Waals surface area contributed by atoms with Gasteiger partial charge in [0.25, 0.3) is 5.91 Å². The van der Waals surface area contributed by atoms with Crippen molar-refractivity contribution >= 4 is 34.6 Å². The van der Waals surface area contributed by atoms with Gasteiger partial charge in [0.2, 0.25) is 0 Å². The van der Waals surface area contributed by atoms with E-state index in [1.54, 1.807) is 19.1 Å². The molecule has 0 N–H and O–H groups in total. The molecule has 0 bridgehead atoms. The van der Waals surface area contributed by atoms with Gasteiger partial charge in [-0.15, -0.1) is 0 Å². The Labute approximate surface area is 152 Å². The lowest BCUT2D eigenvalue weighted by atomic mass is 10.1. The van der Waals surface area contributed by atoms with Gasteiger partial charge < -0.3 is 4.74 Å². The number of para-hydroxylation sites is 1. The minimum atomic E-state index is -0.0412. The smallest absolute Gasteiger partial charge is 0.266 e. The van der Waals surface area contributed by atoms with Crippen molar-refractivity contribution in [3.8, 4) is 5.75 Å². The summed E-state index contributed by atoms with van der Waals surface area (Å²) in [6.45, 7) is 2.10. The summed E-state index contributed by atoms with van der Waals surface area (Å²) >= 11 is 1.40. The first kappa shape index (κ1) is 17.3. The molecule has 0 atom stereocenters. The molecular formula is C20H20N2O2S. The number of nitrogens with zero attached hydrogens (tertiary/aromatic N) is 2. The molecule has 1 amide bonds. The highest BCUT2D eigenvalue weighted by Gasteiger charge is 2.30. The highest BCUT2D eigenvalue weighted by molar-refractivity contribution is 8.18. The molecule has 1 aliphatic heterocycles. The normalized spacial score (nSPS) is 17.6. The number of benzene rings is 2. The van der Waals surface area contributed by atoms with Crippen molar-refractivity contribution in [3.05, 3.63) is 64.6 Å². The van der Waals surface area contributed by atoms with Crippen LogP contribution in [0, 0.1) is 0 Å². The van der Waals surface area contributed by atoms with Gasteiger partial charge in [-0.25, -0.2) is 4.99 Å². The van der Waals surface area contributed by atoms with Crippen molar-refractivity contribution in [1.82, 2.24) is 4.90 Å². The standard InChI is InChI=1S/C20H20N2O2S/c1-4-15-9-5-6-11-17(15)21-20-22(2)19(23)18(25-20)13-14-8-7-10-16(12-14)24-3/h5-13H,4H2,1-3H3/b18-13+,21-20?. The lowest BCUT2D eigenvalue weighted by molar-refractivity contribution is -0.121. The van der Waals surface area contributed by atoms with Crippen LogP contribution < -0.4 is 4.74 Å². The first-order chi connectivity index (χ1) is 12.1. The zero-order valence-electron chi connectivity index (χ0n) is 14.5. The van der Waals surface area contributed by atoms with Crippen molar-refractivity contribution < 1.29 is 9.53 Å². The second-order valence-electron chi connectivity index (χ2n) is 5.63. The number of carbonyl (C=O) groups excluding carboxylic acids is 1. The van der Waals surface area contributed by atoms with E-state index >= 15 is 0 Å². The fraction of sp³-hybridized carbons (Fsp3) is 0.200. The van der Waals surface area contributed by atoms with Crippen molar-refractivity contribution in [2.75, 3.05) is 14.2 Å². The molecule has 2 aromatic carbocycles. The molecule has 25 heavy (non-hydrogen) atoms. The third kappa shape index (κ3) is 3.77. The first-order valence-electron chi connectivity index (χ1n) is 8.10. The number of amides is 1. The van der Waals surface area contributed by atoms with Gasteiger partial charge in [0.1, 0.15) is 5.75 Å². The van der Waals surface area contributed by atoms with E-state index in [0.29, 0.717) is 10.1 Å². The number of rotatable bonds is 4. The molecule has 0 unspecified atom stereocenters. The number of amidine groups is 1. The zero-order chi connectivity index (χ0) is 17.8. The Bertz CT molecular complexity index is 858. The molecule has 1 heterocycles. The molecule has 4 nitrogen and oxygen atoms in total. The summed E-state index contributed by atoms with van der Waals surface area (Å²) in [7, 11) is 3.39. The van der Waals surface area contributed by atoms with Crippen molar-refractivity contribution in [2.24, 2.45) is 4.99 Å². The monoisotopic (exact) mass is 352 g/mol. The first-order valence-corrected chi connectivity index (χ1v) is 8.92. The van der Waals surface area contributed by atoms with Gasteiger partial charge in [-0.1, -0.05) is 37.3 Å². The number of hydrogen-bond acceptors (Lipinski definition) is 4. The average Bonchev–Trinajstić information content (AvgIpc) is 2.90. The largest absolute Gasteiger partial charge is 0.497 e. The van der Waals surface area contributed by atoms with E-state index < -0.39 is 0 Å². The molecule has 1 fully saturated rings. The molecule has 0 spiro atoms. The quantitative estimate of drug-likeness (QED) is 0.761. The van der Waals surface area contributed by atoms with E-state index in [2.05, 4.69) is 13.0 Å². The highest BCUT2D eigenvalue weighted by atomic mass is 32.2.